The smallest absolute Gasteiger partial charge is 0.230 e. The van der Waals surface area contributed by atoms with Gasteiger partial charge in [0.1, 0.15) is 5.69 Å². The fourth-order valence-electron chi connectivity index (χ4n) is 2.23. The normalized spacial score (nSPS) is 10.8. The maximum absolute atomic E-state index is 6.10. The molecule has 0 saturated heterocycles. The second kappa shape index (κ2) is 5.54. The van der Waals surface area contributed by atoms with Crippen molar-refractivity contribution in [1.82, 2.24) is 5.16 Å². The molecule has 0 radical (unpaired) electrons. The molecule has 0 aliphatic rings. The van der Waals surface area contributed by atoms with Gasteiger partial charge in [-0.2, -0.15) is 0 Å². The number of nitrogens with two attached hydrogens (primary N) is 1. The molecule has 0 saturated carbocycles. The summed E-state index contributed by atoms with van der Waals surface area (Å²) >= 11 is 9.52. The maximum Gasteiger partial charge on any atom is 0.230 e. The van der Waals surface area contributed by atoms with Gasteiger partial charge >= 0.3 is 0 Å². The van der Waals surface area contributed by atoms with Crippen LogP contribution in [0, 0.1) is 6.92 Å². The molecule has 21 heavy (non-hydrogen) atoms. The summed E-state index contributed by atoms with van der Waals surface area (Å²) in [6, 6.07) is 13.5. The molecular formula is C16H12BrClN2O. The van der Waals surface area contributed by atoms with E-state index in [-0.39, 0.29) is 0 Å². The van der Waals surface area contributed by atoms with Crippen molar-refractivity contribution in [2.24, 2.45) is 0 Å². The molecule has 3 nitrogen and oxygen atoms in total. The lowest BCUT2D eigenvalue weighted by Gasteiger charge is -2.06. The van der Waals surface area contributed by atoms with Crippen molar-refractivity contribution in [2.75, 3.05) is 5.73 Å². The largest absolute Gasteiger partial charge is 0.367 e. The Hall–Kier alpha value is -1.78. The predicted molar refractivity (Wildman–Crippen MR) is 89.2 cm³/mol. The number of halogens is 2. The first-order chi connectivity index (χ1) is 10.1. The molecule has 1 heterocycles. The second-order valence-corrected chi connectivity index (χ2v) is 6.09. The highest BCUT2D eigenvalue weighted by atomic mass is 79.9. The molecule has 0 atom stereocenters. The van der Waals surface area contributed by atoms with Gasteiger partial charge in [-0.25, -0.2) is 0 Å². The lowest BCUT2D eigenvalue weighted by Crippen LogP contribution is -1.89. The van der Waals surface area contributed by atoms with Crippen molar-refractivity contribution in [3.8, 4) is 22.4 Å². The summed E-state index contributed by atoms with van der Waals surface area (Å²) in [5, 5.41) is 4.77. The van der Waals surface area contributed by atoms with Crippen molar-refractivity contribution in [3.63, 3.8) is 0 Å². The number of nitrogen functional groups attached to an aromatic ring is 1. The van der Waals surface area contributed by atoms with Crippen LogP contribution in [0.25, 0.3) is 22.4 Å². The minimum Gasteiger partial charge on any atom is -0.367 e. The summed E-state index contributed by atoms with van der Waals surface area (Å²) in [6.07, 6.45) is 0. The molecule has 106 valence electrons. The van der Waals surface area contributed by atoms with Crippen LogP contribution < -0.4 is 5.73 Å². The molecule has 0 fully saturated rings. The Kier molecular flexibility index (Phi) is 3.74. The molecule has 5 heteroatoms. The number of nitrogens with zero attached hydrogens (tertiary/aromatic N) is 1. The SMILES string of the molecule is Cc1ccc(Cl)cc1-c1noc(N)c1-c1ccc(Br)cc1. The van der Waals surface area contributed by atoms with Gasteiger partial charge in [-0.3, -0.25) is 0 Å². The standard InChI is InChI=1S/C16H12BrClN2O/c1-9-2-7-12(18)8-13(9)15-14(16(19)21-20-15)10-3-5-11(17)6-4-10/h2-8H,19H2,1H3. The Morgan fingerprint density at radius 3 is 2.57 bits per heavy atom. The maximum atomic E-state index is 6.10. The first kappa shape index (κ1) is 14.2. The van der Waals surface area contributed by atoms with Gasteiger partial charge in [0.15, 0.2) is 0 Å². The monoisotopic (exact) mass is 362 g/mol. The highest BCUT2D eigenvalue weighted by molar-refractivity contribution is 9.10. The van der Waals surface area contributed by atoms with Crippen molar-refractivity contribution in [2.45, 2.75) is 6.92 Å². The summed E-state index contributed by atoms with van der Waals surface area (Å²) < 4.78 is 6.20. The van der Waals surface area contributed by atoms with Gasteiger partial charge in [0.2, 0.25) is 5.88 Å². The molecule has 3 aromatic rings. The highest BCUT2D eigenvalue weighted by Gasteiger charge is 2.19. The Labute approximate surface area is 135 Å². The number of benzene rings is 2. The number of rotatable bonds is 2. The van der Waals surface area contributed by atoms with E-state index in [1.54, 1.807) is 0 Å². The molecule has 0 aliphatic heterocycles. The second-order valence-electron chi connectivity index (χ2n) is 4.74. The average Bonchev–Trinajstić information content (AvgIpc) is 2.84. The summed E-state index contributed by atoms with van der Waals surface area (Å²) in [4.78, 5) is 0. The molecule has 0 aliphatic carbocycles. The van der Waals surface area contributed by atoms with E-state index >= 15 is 0 Å². The van der Waals surface area contributed by atoms with E-state index in [1.165, 1.54) is 0 Å². The highest BCUT2D eigenvalue weighted by Crippen LogP contribution is 2.38. The zero-order chi connectivity index (χ0) is 15.0. The van der Waals surface area contributed by atoms with Crippen LogP contribution in [0.3, 0.4) is 0 Å². The third kappa shape index (κ3) is 2.69. The summed E-state index contributed by atoms with van der Waals surface area (Å²) in [7, 11) is 0. The number of anilines is 1. The van der Waals surface area contributed by atoms with Crippen LogP contribution in [0.15, 0.2) is 51.5 Å². The van der Waals surface area contributed by atoms with Crippen LogP contribution in [-0.4, -0.2) is 5.16 Å². The number of aromatic nitrogens is 1. The molecule has 2 N–H and O–H groups in total. The summed E-state index contributed by atoms with van der Waals surface area (Å²) in [6.45, 7) is 2.00. The average molecular weight is 364 g/mol. The van der Waals surface area contributed by atoms with Gasteiger partial charge in [0.05, 0.1) is 5.56 Å². The molecule has 0 spiro atoms. The fraction of sp³-hybridized carbons (Fsp3) is 0.0625. The topological polar surface area (TPSA) is 52.0 Å². The Balaban J connectivity index is 2.21. The number of aryl methyl sites for hydroxylation is 1. The molecule has 0 unspecified atom stereocenters. The van der Waals surface area contributed by atoms with Crippen molar-refractivity contribution < 1.29 is 4.52 Å². The molecule has 0 amide bonds. The van der Waals surface area contributed by atoms with Crippen LogP contribution in [0.4, 0.5) is 5.88 Å². The molecular weight excluding hydrogens is 352 g/mol. The first-order valence-corrected chi connectivity index (χ1v) is 7.51. The van der Waals surface area contributed by atoms with Crippen molar-refractivity contribution in [1.29, 1.82) is 0 Å². The van der Waals surface area contributed by atoms with E-state index in [0.717, 1.165) is 26.7 Å². The Morgan fingerprint density at radius 2 is 1.86 bits per heavy atom. The first-order valence-electron chi connectivity index (χ1n) is 6.34. The van der Waals surface area contributed by atoms with Gasteiger partial charge < -0.3 is 10.3 Å². The van der Waals surface area contributed by atoms with Crippen molar-refractivity contribution in [3.05, 3.63) is 57.5 Å². The molecule has 2 aromatic carbocycles. The van der Waals surface area contributed by atoms with E-state index in [1.807, 2.05) is 49.4 Å². The zero-order valence-electron chi connectivity index (χ0n) is 11.2. The van der Waals surface area contributed by atoms with E-state index < -0.39 is 0 Å². The lowest BCUT2D eigenvalue weighted by molar-refractivity contribution is 0.439. The number of hydrogen-bond acceptors (Lipinski definition) is 3. The van der Waals surface area contributed by atoms with E-state index in [9.17, 15) is 0 Å². The van der Waals surface area contributed by atoms with E-state index in [0.29, 0.717) is 16.6 Å². The zero-order valence-corrected chi connectivity index (χ0v) is 13.6. The van der Waals surface area contributed by atoms with Gasteiger partial charge in [0, 0.05) is 15.1 Å². The van der Waals surface area contributed by atoms with Gasteiger partial charge in [-0.05, 0) is 42.3 Å². The molecule has 3 rings (SSSR count). The minimum atomic E-state index is 0.298. The van der Waals surface area contributed by atoms with Crippen LogP contribution >= 0.6 is 27.5 Å². The van der Waals surface area contributed by atoms with Gasteiger partial charge in [0.25, 0.3) is 0 Å². The summed E-state index contributed by atoms with van der Waals surface area (Å²) in [5.41, 5.74) is 10.4. The third-order valence-electron chi connectivity index (χ3n) is 3.31. The summed E-state index contributed by atoms with van der Waals surface area (Å²) in [5.74, 6) is 0.298. The van der Waals surface area contributed by atoms with Crippen LogP contribution in [0.1, 0.15) is 5.56 Å². The fourth-order valence-corrected chi connectivity index (χ4v) is 2.67. The Morgan fingerprint density at radius 1 is 1.14 bits per heavy atom. The predicted octanol–water partition coefficient (Wildman–Crippen LogP) is 5.32. The van der Waals surface area contributed by atoms with Crippen LogP contribution in [0.2, 0.25) is 5.02 Å². The van der Waals surface area contributed by atoms with Crippen LogP contribution in [0.5, 0.6) is 0 Å². The molecule has 0 bridgehead atoms. The third-order valence-corrected chi connectivity index (χ3v) is 4.07. The quantitative estimate of drug-likeness (QED) is 0.671. The van der Waals surface area contributed by atoms with Crippen molar-refractivity contribution >= 4 is 33.4 Å². The van der Waals surface area contributed by atoms with Gasteiger partial charge in [-0.15, -0.1) is 0 Å². The molecule has 1 aromatic heterocycles. The Bertz CT molecular complexity index is 797. The number of hydrogen-bond donors (Lipinski definition) is 1. The van der Waals surface area contributed by atoms with Crippen LogP contribution in [-0.2, 0) is 0 Å². The van der Waals surface area contributed by atoms with E-state index in [4.69, 9.17) is 21.9 Å². The van der Waals surface area contributed by atoms with Gasteiger partial charge in [-0.1, -0.05) is 50.9 Å². The van der Waals surface area contributed by atoms with E-state index in [2.05, 4.69) is 21.1 Å². The lowest BCUT2D eigenvalue weighted by atomic mass is 9.98. The minimum absolute atomic E-state index is 0.298.